The third-order valence-corrected chi connectivity index (χ3v) is 5.63. The molecule has 3 rings (SSSR count). The van der Waals surface area contributed by atoms with Gasteiger partial charge in [-0.2, -0.15) is 11.8 Å². The second-order valence-electron chi connectivity index (χ2n) is 5.79. The van der Waals surface area contributed by atoms with Gasteiger partial charge in [-0.05, 0) is 37.1 Å². The number of rotatable bonds is 4. The lowest BCUT2D eigenvalue weighted by Crippen LogP contribution is -2.32. The molecule has 0 aliphatic carbocycles. The molecule has 1 fully saturated rings. The van der Waals surface area contributed by atoms with Crippen molar-refractivity contribution in [3.63, 3.8) is 0 Å². The summed E-state index contributed by atoms with van der Waals surface area (Å²) in [6.45, 7) is 4.47. The van der Waals surface area contributed by atoms with Crippen LogP contribution in [0.15, 0.2) is 30.5 Å². The van der Waals surface area contributed by atoms with Crippen LogP contribution in [0.2, 0.25) is 0 Å². The van der Waals surface area contributed by atoms with Crippen LogP contribution in [0.3, 0.4) is 0 Å². The summed E-state index contributed by atoms with van der Waals surface area (Å²) >= 11 is 2.12. The van der Waals surface area contributed by atoms with E-state index in [2.05, 4.69) is 66.1 Å². The van der Waals surface area contributed by atoms with Crippen molar-refractivity contribution in [3.05, 3.63) is 36.0 Å². The van der Waals surface area contributed by atoms with E-state index in [-0.39, 0.29) is 0 Å². The fourth-order valence-electron chi connectivity index (χ4n) is 3.00. The molecule has 3 heteroatoms. The molecule has 0 spiro atoms. The molecule has 0 radical (unpaired) electrons. The molecule has 1 saturated heterocycles. The van der Waals surface area contributed by atoms with Gasteiger partial charge in [0.25, 0.3) is 0 Å². The van der Waals surface area contributed by atoms with Crippen LogP contribution < -0.4 is 5.32 Å². The fourth-order valence-corrected chi connectivity index (χ4v) is 4.28. The average Bonchev–Trinajstić information content (AvgIpc) is 2.96. The van der Waals surface area contributed by atoms with Gasteiger partial charge in [-0.1, -0.05) is 18.2 Å². The quantitative estimate of drug-likeness (QED) is 0.918. The summed E-state index contributed by atoms with van der Waals surface area (Å²) in [5.74, 6) is 1.33. The first-order valence-corrected chi connectivity index (χ1v) is 8.04. The Bertz CT molecular complexity index is 567. The largest absolute Gasteiger partial charge is 0.350 e. The maximum atomic E-state index is 3.66. The molecule has 2 nitrogen and oxygen atoms in total. The van der Waals surface area contributed by atoms with Gasteiger partial charge in [0.2, 0.25) is 0 Å². The summed E-state index contributed by atoms with van der Waals surface area (Å²) in [5, 5.41) is 5.03. The minimum Gasteiger partial charge on any atom is -0.350 e. The molecule has 1 atom stereocenters. The molecular formula is C16H22N2S. The van der Waals surface area contributed by atoms with Crippen LogP contribution in [0, 0.1) is 0 Å². The molecule has 1 aliphatic heterocycles. The van der Waals surface area contributed by atoms with Crippen LogP contribution >= 0.6 is 11.8 Å². The zero-order valence-corrected chi connectivity index (χ0v) is 12.6. The minimum atomic E-state index is 0.449. The Morgan fingerprint density at radius 1 is 1.37 bits per heavy atom. The molecule has 1 aromatic heterocycles. The maximum absolute atomic E-state index is 3.66. The predicted octanol–water partition coefficient (Wildman–Crippen LogP) is 3.55. The van der Waals surface area contributed by atoms with Crippen molar-refractivity contribution in [3.8, 4) is 0 Å². The third kappa shape index (κ3) is 2.67. The fraction of sp³-hybridized carbons (Fsp3) is 0.500. The van der Waals surface area contributed by atoms with Gasteiger partial charge in [0.05, 0.1) is 0 Å². The molecule has 2 aromatic rings. The monoisotopic (exact) mass is 274 g/mol. The van der Waals surface area contributed by atoms with Gasteiger partial charge < -0.3 is 9.88 Å². The van der Waals surface area contributed by atoms with Crippen LogP contribution in [-0.4, -0.2) is 21.6 Å². The van der Waals surface area contributed by atoms with Crippen LogP contribution in [0.5, 0.6) is 0 Å². The van der Waals surface area contributed by atoms with E-state index in [9.17, 15) is 0 Å². The van der Waals surface area contributed by atoms with Gasteiger partial charge >= 0.3 is 0 Å². The number of benzene rings is 1. The molecular weight excluding hydrogens is 252 g/mol. The van der Waals surface area contributed by atoms with Crippen molar-refractivity contribution < 1.29 is 0 Å². The van der Waals surface area contributed by atoms with E-state index in [0.29, 0.717) is 4.75 Å². The highest BCUT2D eigenvalue weighted by molar-refractivity contribution is 8.00. The predicted molar refractivity (Wildman–Crippen MR) is 84.7 cm³/mol. The van der Waals surface area contributed by atoms with Crippen LogP contribution in [0.1, 0.15) is 25.3 Å². The highest BCUT2D eigenvalue weighted by Crippen LogP contribution is 2.37. The molecule has 0 bridgehead atoms. The van der Waals surface area contributed by atoms with Gasteiger partial charge in [0.15, 0.2) is 0 Å². The Morgan fingerprint density at radius 2 is 2.21 bits per heavy atom. The first kappa shape index (κ1) is 13.1. The molecule has 19 heavy (non-hydrogen) atoms. The van der Waals surface area contributed by atoms with Crippen molar-refractivity contribution in [1.29, 1.82) is 0 Å². The summed E-state index contributed by atoms with van der Waals surface area (Å²) < 4.78 is 2.67. The summed E-state index contributed by atoms with van der Waals surface area (Å²) in [6.07, 6.45) is 4.97. The number of thioether (sulfide) groups is 1. The molecule has 0 saturated carbocycles. The molecule has 1 N–H and O–H groups in total. The van der Waals surface area contributed by atoms with E-state index in [1.54, 1.807) is 0 Å². The molecule has 1 aromatic carbocycles. The van der Waals surface area contributed by atoms with Crippen molar-refractivity contribution >= 4 is 22.7 Å². The average molecular weight is 274 g/mol. The Labute approximate surface area is 119 Å². The topological polar surface area (TPSA) is 17.0 Å². The van der Waals surface area contributed by atoms with E-state index >= 15 is 0 Å². The third-order valence-electron chi connectivity index (χ3n) is 4.09. The Morgan fingerprint density at radius 3 is 3.00 bits per heavy atom. The van der Waals surface area contributed by atoms with E-state index in [4.69, 9.17) is 0 Å². The van der Waals surface area contributed by atoms with E-state index in [1.807, 2.05) is 0 Å². The molecule has 102 valence electrons. The van der Waals surface area contributed by atoms with Crippen molar-refractivity contribution in [2.45, 2.75) is 31.1 Å². The lowest BCUT2D eigenvalue weighted by Gasteiger charge is -2.22. The number of nitrogens with zero attached hydrogens (tertiary/aromatic N) is 1. The Kier molecular flexibility index (Phi) is 3.59. The SMILES string of the molecule is Cn1cc(CNCC2(C)CCCS2)c2ccccc21. The minimum absolute atomic E-state index is 0.449. The summed E-state index contributed by atoms with van der Waals surface area (Å²) in [5.41, 5.74) is 2.73. The number of fused-ring (bicyclic) bond motifs is 1. The van der Waals surface area contributed by atoms with E-state index in [1.165, 1.54) is 35.1 Å². The number of para-hydroxylation sites is 1. The maximum Gasteiger partial charge on any atom is 0.0481 e. The summed E-state index contributed by atoms with van der Waals surface area (Å²) in [6, 6.07) is 8.64. The zero-order chi connectivity index (χ0) is 13.3. The van der Waals surface area contributed by atoms with Gasteiger partial charge in [0, 0.05) is 42.0 Å². The van der Waals surface area contributed by atoms with Gasteiger partial charge in [-0.25, -0.2) is 0 Å². The standard InChI is InChI=1S/C16H22N2S/c1-16(8-5-9-19-16)12-17-10-13-11-18(2)15-7-4-3-6-14(13)15/h3-4,6-7,11,17H,5,8-10,12H2,1-2H3. The van der Waals surface area contributed by atoms with Gasteiger partial charge in [-0.3, -0.25) is 0 Å². The van der Waals surface area contributed by atoms with Gasteiger partial charge in [-0.15, -0.1) is 0 Å². The lowest BCUT2D eigenvalue weighted by atomic mass is 10.1. The summed E-state index contributed by atoms with van der Waals surface area (Å²) in [4.78, 5) is 0. The Hall–Kier alpha value is -0.930. The normalized spacial score (nSPS) is 23.3. The highest BCUT2D eigenvalue weighted by atomic mass is 32.2. The van der Waals surface area contributed by atoms with Crippen LogP contribution in [-0.2, 0) is 13.6 Å². The number of aromatic nitrogens is 1. The number of hydrogen-bond donors (Lipinski definition) is 1. The number of aryl methyl sites for hydroxylation is 1. The molecule has 1 unspecified atom stereocenters. The number of nitrogens with one attached hydrogen (secondary N) is 1. The first-order chi connectivity index (χ1) is 9.18. The van der Waals surface area contributed by atoms with Crippen LogP contribution in [0.25, 0.3) is 10.9 Å². The molecule has 1 aliphatic rings. The van der Waals surface area contributed by atoms with E-state index in [0.717, 1.165) is 13.1 Å². The second-order valence-corrected chi connectivity index (χ2v) is 7.47. The van der Waals surface area contributed by atoms with Gasteiger partial charge in [0.1, 0.15) is 0 Å². The number of hydrogen-bond acceptors (Lipinski definition) is 2. The lowest BCUT2D eigenvalue weighted by molar-refractivity contribution is 0.537. The van der Waals surface area contributed by atoms with Crippen molar-refractivity contribution in [2.24, 2.45) is 7.05 Å². The first-order valence-electron chi connectivity index (χ1n) is 7.06. The Balaban J connectivity index is 1.68. The second kappa shape index (κ2) is 5.22. The van der Waals surface area contributed by atoms with Crippen molar-refractivity contribution in [1.82, 2.24) is 9.88 Å². The zero-order valence-electron chi connectivity index (χ0n) is 11.8. The smallest absolute Gasteiger partial charge is 0.0481 e. The molecule has 2 heterocycles. The summed E-state index contributed by atoms with van der Waals surface area (Å²) in [7, 11) is 2.12. The molecule has 0 amide bonds. The van der Waals surface area contributed by atoms with Crippen LogP contribution in [0.4, 0.5) is 0 Å². The highest BCUT2D eigenvalue weighted by Gasteiger charge is 2.28. The van der Waals surface area contributed by atoms with E-state index < -0.39 is 0 Å². The van der Waals surface area contributed by atoms with Crippen molar-refractivity contribution in [2.75, 3.05) is 12.3 Å².